The number of unbranched alkanes of at least 4 members (excludes halogenated alkanes) is 8. The number of ketones is 1. The number of carbonyl (C=O) groups excluding carboxylic acids is 3. The van der Waals surface area contributed by atoms with Crippen molar-refractivity contribution in [2.75, 3.05) is 13.2 Å². The molecule has 9 nitrogen and oxygen atoms in total. The lowest BCUT2D eigenvalue weighted by Crippen LogP contribution is -2.29. The molecule has 0 aromatic heterocycles. The van der Waals surface area contributed by atoms with Gasteiger partial charge in [0.2, 0.25) is 0 Å². The molecule has 0 aliphatic carbocycles. The average Bonchev–Trinajstić information content (AvgIpc) is 2.97. The summed E-state index contributed by atoms with van der Waals surface area (Å²) in [6.07, 6.45) is 28.8. The van der Waals surface area contributed by atoms with Crippen molar-refractivity contribution in [3.8, 4) is 0 Å². The van der Waals surface area contributed by atoms with Gasteiger partial charge in [-0.05, 0) is 50.5 Å². The number of rotatable bonds is 29. The van der Waals surface area contributed by atoms with Gasteiger partial charge in [-0.2, -0.15) is 0 Å². The zero-order valence-electron chi connectivity index (χ0n) is 27.9. The molecule has 0 unspecified atom stereocenters. The van der Waals surface area contributed by atoms with Gasteiger partial charge in [-0.3, -0.25) is 18.9 Å². The van der Waals surface area contributed by atoms with Crippen LogP contribution in [0.1, 0.15) is 130 Å². The fourth-order valence-electron chi connectivity index (χ4n) is 4.21. The van der Waals surface area contributed by atoms with Crippen molar-refractivity contribution in [3.63, 3.8) is 0 Å². The summed E-state index contributed by atoms with van der Waals surface area (Å²) < 4.78 is 26.0. The minimum Gasteiger partial charge on any atom is -0.462 e. The van der Waals surface area contributed by atoms with Gasteiger partial charge < -0.3 is 19.3 Å². The summed E-state index contributed by atoms with van der Waals surface area (Å²) in [5.74, 6) is -0.558. The lowest BCUT2D eigenvalue weighted by Gasteiger charge is -2.18. The summed E-state index contributed by atoms with van der Waals surface area (Å²) >= 11 is 0. The van der Waals surface area contributed by atoms with Gasteiger partial charge in [0.15, 0.2) is 11.9 Å². The highest BCUT2D eigenvalue weighted by atomic mass is 31.2. The van der Waals surface area contributed by atoms with Gasteiger partial charge >= 0.3 is 19.8 Å². The molecule has 10 heteroatoms. The molecule has 0 fully saturated rings. The lowest BCUT2D eigenvalue weighted by atomic mass is 10.0. The molecule has 2 N–H and O–H groups in total. The van der Waals surface area contributed by atoms with E-state index in [-0.39, 0.29) is 31.5 Å². The SMILES string of the molecule is CCCCC/C=C\C/C=C\C/C=C\C=C\C(=O)CCCC(=O)OC[C@H](COP(=O)(O)O)OC(=O)CCCCCCCCC(C)C. The Morgan fingerprint density at radius 1 is 0.711 bits per heavy atom. The molecule has 0 saturated heterocycles. The van der Waals surface area contributed by atoms with Crippen LogP contribution in [0, 0.1) is 5.92 Å². The third-order valence-electron chi connectivity index (χ3n) is 6.75. The number of ether oxygens (including phenoxy) is 2. The van der Waals surface area contributed by atoms with E-state index in [9.17, 15) is 18.9 Å². The van der Waals surface area contributed by atoms with Crippen molar-refractivity contribution in [1.82, 2.24) is 0 Å². The molecule has 258 valence electrons. The molecule has 0 rings (SSSR count). The van der Waals surface area contributed by atoms with E-state index < -0.39 is 39.1 Å². The number of carbonyl (C=O) groups is 3. The first-order chi connectivity index (χ1) is 21.5. The molecule has 0 amide bonds. The van der Waals surface area contributed by atoms with Crippen LogP contribution in [0.5, 0.6) is 0 Å². The molecular formula is C35H59O9P. The van der Waals surface area contributed by atoms with Crippen molar-refractivity contribution in [3.05, 3.63) is 48.6 Å². The van der Waals surface area contributed by atoms with Crippen LogP contribution < -0.4 is 0 Å². The van der Waals surface area contributed by atoms with Gasteiger partial charge in [0.05, 0.1) is 6.61 Å². The zero-order chi connectivity index (χ0) is 33.6. The molecule has 0 bridgehead atoms. The Balaban J connectivity index is 4.25. The van der Waals surface area contributed by atoms with Crippen molar-refractivity contribution < 1.29 is 42.7 Å². The summed E-state index contributed by atoms with van der Waals surface area (Å²) in [6, 6.07) is 0. The van der Waals surface area contributed by atoms with Gasteiger partial charge in [-0.15, -0.1) is 0 Å². The van der Waals surface area contributed by atoms with Crippen molar-refractivity contribution in [1.29, 1.82) is 0 Å². The van der Waals surface area contributed by atoms with E-state index in [0.29, 0.717) is 12.3 Å². The average molecular weight is 655 g/mol. The summed E-state index contributed by atoms with van der Waals surface area (Å²) in [5, 5.41) is 0. The van der Waals surface area contributed by atoms with Gasteiger partial charge in [0.1, 0.15) is 6.61 Å². The highest BCUT2D eigenvalue weighted by Gasteiger charge is 2.23. The molecule has 0 aliphatic rings. The third-order valence-corrected chi connectivity index (χ3v) is 7.24. The maximum absolute atomic E-state index is 12.2. The standard InChI is InChI=1S/C35H59O9P/c1-4-5-6-7-8-9-10-11-12-13-14-18-21-25-32(36)26-23-28-34(37)42-29-33(30-43-45(39,40)41)44-35(38)27-22-19-16-15-17-20-24-31(2)3/h8-9,11-12,14,18,21,25,31,33H,4-7,10,13,15-17,19-20,22-24,26-30H2,1-3H3,(H2,39,40,41)/b9-8-,12-11-,18-14-,25-21+/t33-/m1/s1. The summed E-state index contributed by atoms with van der Waals surface area (Å²) in [4.78, 5) is 54.5. The number of phosphoric acid groups is 1. The van der Waals surface area contributed by atoms with Gasteiger partial charge in [-0.25, -0.2) is 4.57 Å². The van der Waals surface area contributed by atoms with Crippen LogP contribution in [0.3, 0.4) is 0 Å². The zero-order valence-corrected chi connectivity index (χ0v) is 28.8. The monoisotopic (exact) mass is 654 g/mol. The Morgan fingerprint density at radius 3 is 2.04 bits per heavy atom. The van der Waals surface area contributed by atoms with Gasteiger partial charge in [-0.1, -0.05) is 115 Å². The highest BCUT2D eigenvalue weighted by Crippen LogP contribution is 2.35. The van der Waals surface area contributed by atoms with Crippen LogP contribution in [-0.4, -0.2) is 46.8 Å². The predicted octanol–water partition coefficient (Wildman–Crippen LogP) is 8.65. The maximum Gasteiger partial charge on any atom is 0.469 e. The Bertz CT molecular complexity index is 947. The highest BCUT2D eigenvalue weighted by molar-refractivity contribution is 7.46. The Labute approximate surface area is 271 Å². The third kappa shape index (κ3) is 32.9. The first-order valence-electron chi connectivity index (χ1n) is 16.7. The molecule has 0 aliphatic heterocycles. The second-order valence-electron chi connectivity index (χ2n) is 11.7. The van der Waals surface area contributed by atoms with Crippen molar-refractivity contribution >= 4 is 25.5 Å². The lowest BCUT2D eigenvalue weighted by molar-refractivity contribution is -0.161. The molecule has 0 radical (unpaired) electrons. The molecule has 0 aromatic carbocycles. The summed E-state index contributed by atoms with van der Waals surface area (Å²) in [5.41, 5.74) is 0. The smallest absolute Gasteiger partial charge is 0.462 e. The van der Waals surface area contributed by atoms with Crippen LogP contribution in [0.4, 0.5) is 0 Å². The van der Waals surface area contributed by atoms with Gasteiger partial charge in [0, 0.05) is 19.3 Å². The minimum atomic E-state index is -4.80. The van der Waals surface area contributed by atoms with Crippen LogP contribution in [0.25, 0.3) is 0 Å². The fraction of sp³-hybridized carbons (Fsp3) is 0.686. The van der Waals surface area contributed by atoms with E-state index in [0.717, 1.165) is 38.5 Å². The first kappa shape index (κ1) is 42.7. The van der Waals surface area contributed by atoms with Crippen LogP contribution in [-0.2, 0) is 32.9 Å². The number of phosphoric ester groups is 1. The van der Waals surface area contributed by atoms with E-state index >= 15 is 0 Å². The Hall–Kier alpha value is -2.32. The molecule has 0 spiro atoms. The number of allylic oxidation sites excluding steroid dienone is 8. The van der Waals surface area contributed by atoms with Gasteiger partial charge in [0.25, 0.3) is 0 Å². The van der Waals surface area contributed by atoms with Crippen LogP contribution in [0.2, 0.25) is 0 Å². The van der Waals surface area contributed by atoms with Crippen molar-refractivity contribution in [2.24, 2.45) is 5.92 Å². The summed E-state index contributed by atoms with van der Waals surface area (Å²) in [6.45, 7) is 5.61. The quantitative estimate of drug-likeness (QED) is 0.0203. The van der Waals surface area contributed by atoms with Crippen LogP contribution >= 0.6 is 7.82 Å². The number of hydrogen-bond donors (Lipinski definition) is 2. The minimum absolute atomic E-state index is 0.0234. The number of esters is 2. The molecule has 45 heavy (non-hydrogen) atoms. The molecule has 0 saturated carbocycles. The van der Waals surface area contributed by atoms with E-state index in [1.807, 2.05) is 12.2 Å². The maximum atomic E-state index is 12.2. The number of hydrogen-bond acceptors (Lipinski definition) is 7. The molecule has 0 aromatic rings. The predicted molar refractivity (Wildman–Crippen MR) is 179 cm³/mol. The second-order valence-corrected chi connectivity index (χ2v) is 12.9. The molecule has 0 heterocycles. The second kappa shape index (κ2) is 29.1. The normalized spacial score (nSPS) is 13.1. The topological polar surface area (TPSA) is 136 Å². The van der Waals surface area contributed by atoms with E-state index in [1.54, 1.807) is 6.08 Å². The van der Waals surface area contributed by atoms with Crippen molar-refractivity contribution in [2.45, 2.75) is 136 Å². The van der Waals surface area contributed by atoms with E-state index in [4.69, 9.17) is 19.3 Å². The first-order valence-corrected chi connectivity index (χ1v) is 18.3. The van der Waals surface area contributed by atoms with E-state index in [1.165, 1.54) is 44.6 Å². The molecular weight excluding hydrogens is 595 g/mol. The molecule has 1 atom stereocenters. The fourth-order valence-corrected chi connectivity index (χ4v) is 4.57. The Kier molecular flexibility index (Phi) is 27.6. The Morgan fingerprint density at radius 2 is 1.36 bits per heavy atom. The largest absolute Gasteiger partial charge is 0.469 e. The summed E-state index contributed by atoms with van der Waals surface area (Å²) in [7, 11) is -4.80. The van der Waals surface area contributed by atoms with E-state index in [2.05, 4.69) is 49.6 Å². The van der Waals surface area contributed by atoms with Crippen LogP contribution in [0.15, 0.2) is 48.6 Å².